The third-order valence-electron chi connectivity index (χ3n) is 2.94. The van der Waals surface area contributed by atoms with Crippen LogP contribution in [0, 0.1) is 5.82 Å². The number of hydrogen-bond donors (Lipinski definition) is 2. The Bertz CT molecular complexity index is 941. The van der Waals surface area contributed by atoms with E-state index in [0.29, 0.717) is 4.47 Å². The van der Waals surface area contributed by atoms with Crippen LogP contribution >= 0.6 is 15.9 Å². The molecule has 20 heavy (non-hydrogen) atoms. The van der Waals surface area contributed by atoms with E-state index in [9.17, 15) is 14.0 Å². The van der Waals surface area contributed by atoms with E-state index in [0.717, 1.165) is 0 Å². The first kappa shape index (κ1) is 12.8. The van der Waals surface area contributed by atoms with Crippen molar-refractivity contribution < 1.29 is 4.39 Å². The molecule has 0 amide bonds. The van der Waals surface area contributed by atoms with Gasteiger partial charge in [0.2, 0.25) is 0 Å². The molecule has 0 radical (unpaired) electrons. The summed E-state index contributed by atoms with van der Waals surface area (Å²) in [6.45, 7) is 0. The molecule has 0 saturated carbocycles. The Morgan fingerprint density at radius 1 is 1.30 bits per heavy atom. The molecule has 0 fully saturated rings. The molecule has 2 N–H and O–H groups in total. The van der Waals surface area contributed by atoms with Crippen molar-refractivity contribution in [2.75, 3.05) is 0 Å². The first-order chi connectivity index (χ1) is 9.47. The minimum Gasteiger partial charge on any atom is -0.332 e. The van der Waals surface area contributed by atoms with E-state index in [4.69, 9.17) is 0 Å². The zero-order chi connectivity index (χ0) is 14.4. The fourth-order valence-electron chi connectivity index (χ4n) is 1.91. The first-order valence-corrected chi connectivity index (χ1v) is 6.41. The molecule has 0 atom stereocenters. The Kier molecular flexibility index (Phi) is 2.82. The van der Waals surface area contributed by atoms with Crippen molar-refractivity contribution in [1.82, 2.24) is 19.5 Å². The highest BCUT2D eigenvalue weighted by atomic mass is 79.9. The Balaban J connectivity index is 2.34. The Morgan fingerprint density at radius 3 is 2.75 bits per heavy atom. The number of benzene rings is 1. The van der Waals surface area contributed by atoms with Gasteiger partial charge in [0, 0.05) is 11.5 Å². The second-order valence-electron chi connectivity index (χ2n) is 4.23. The first-order valence-electron chi connectivity index (χ1n) is 5.62. The number of imidazole rings is 1. The lowest BCUT2D eigenvalue weighted by Crippen LogP contribution is -2.28. The van der Waals surface area contributed by atoms with Crippen LogP contribution < -0.4 is 11.2 Å². The zero-order valence-electron chi connectivity index (χ0n) is 10.2. The van der Waals surface area contributed by atoms with Crippen LogP contribution in [0.25, 0.3) is 22.6 Å². The lowest BCUT2D eigenvalue weighted by Gasteiger charge is -1.99. The predicted octanol–water partition coefficient (Wildman–Crippen LogP) is 1.52. The van der Waals surface area contributed by atoms with Gasteiger partial charge in [0.25, 0.3) is 5.56 Å². The van der Waals surface area contributed by atoms with Crippen LogP contribution in [0.1, 0.15) is 0 Å². The number of H-pyrrole nitrogens is 2. The number of nitrogens with zero attached hydrogens (tertiary/aromatic N) is 2. The minimum atomic E-state index is -0.584. The molecular weight excluding hydrogens is 331 g/mol. The smallest absolute Gasteiger partial charge is 0.329 e. The van der Waals surface area contributed by atoms with Crippen LogP contribution in [0.15, 0.2) is 32.3 Å². The molecule has 0 unspecified atom stereocenters. The Morgan fingerprint density at radius 2 is 2.05 bits per heavy atom. The van der Waals surface area contributed by atoms with Crippen molar-refractivity contribution >= 4 is 27.1 Å². The largest absolute Gasteiger partial charge is 0.332 e. The molecule has 1 aromatic carbocycles. The molecule has 2 heterocycles. The quantitative estimate of drug-likeness (QED) is 0.705. The Labute approximate surface area is 119 Å². The van der Waals surface area contributed by atoms with Crippen LogP contribution in [0.2, 0.25) is 0 Å². The van der Waals surface area contributed by atoms with Crippen molar-refractivity contribution in [1.29, 1.82) is 0 Å². The third-order valence-corrected chi connectivity index (χ3v) is 3.43. The highest BCUT2D eigenvalue weighted by Crippen LogP contribution is 2.24. The van der Waals surface area contributed by atoms with Crippen molar-refractivity contribution in [3.05, 3.63) is 49.3 Å². The van der Waals surface area contributed by atoms with Gasteiger partial charge < -0.3 is 4.98 Å². The summed E-state index contributed by atoms with van der Waals surface area (Å²) >= 11 is 3.17. The molecule has 0 aliphatic heterocycles. The predicted molar refractivity (Wildman–Crippen MR) is 75.0 cm³/mol. The van der Waals surface area contributed by atoms with Gasteiger partial charge in [-0.3, -0.25) is 14.3 Å². The van der Waals surface area contributed by atoms with E-state index in [1.54, 1.807) is 6.07 Å². The highest BCUT2D eigenvalue weighted by molar-refractivity contribution is 9.10. The van der Waals surface area contributed by atoms with Gasteiger partial charge in [0.15, 0.2) is 5.65 Å². The van der Waals surface area contributed by atoms with E-state index >= 15 is 0 Å². The van der Waals surface area contributed by atoms with Crippen molar-refractivity contribution in [2.45, 2.75) is 0 Å². The van der Waals surface area contributed by atoms with Gasteiger partial charge in [-0.05, 0) is 18.2 Å². The third kappa shape index (κ3) is 1.88. The normalized spacial score (nSPS) is 11.2. The van der Waals surface area contributed by atoms with Crippen molar-refractivity contribution in [3.63, 3.8) is 0 Å². The number of rotatable bonds is 1. The SMILES string of the molecule is Cn1c(=O)[nH]c(=O)c2[nH]c(-c3ccc(Br)cc3F)nc21. The number of aryl methyl sites for hydroxylation is 1. The molecule has 6 nitrogen and oxygen atoms in total. The fraction of sp³-hybridized carbons (Fsp3) is 0.0833. The van der Waals surface area contributed by atoms with Crippen LogP contribution in [0.4, 0.5) is 4.39 Å². The number of halogens is 2. The van der Waals surface area contributed by atoms with Gasteiger partial charge in [-0.25, -0.2) is 14.2 Å². The molecule has 0 aliphatic carbocycles. The number of aromatic amines is 2. The van der Waals surface area contributed by atoms with E-state index in [1.807, 2.05) is 0 Å². The van der Waals surface area contributed by atoms with E-state index < -0.39 is 17.1 Å². The van der Waals surface area contributed by atoms with Crippen molar-refractivity contribution in [3.8, 4) is 11.4 Å². The molecule has 102 valence electrons. The molecule has 8 heteroatoms. The summed E-state index contributed by atoms with van der Waals surface area (Å²) in [5.74, 6) is -0.295. The van der Waals surface area contributed by atoms with Crippen LogP contribution in [0.5, 0.6) is 0 Å². The van der Waals surface area contributed by atoms with Gasteiger partial charge >= 0.3 is 5.69 Å². The summed E-state index contributed by atoms with van der Waals surface area (Å²) in [6, 6.07) is 4.49. The number of aromatic nitrogens is 4. The minimum absolute atomic E-state index is 0.129. The number of nitrogens with one attached hydrogen (secondary N) is 2. The summed E-state index contributed by atoms with van der Waals surface area (Å²) in [4.78, 5) is 32.2. The van der Waals surface area contributed by atoms with E-state index in [1.165, 1.54) is 23.7 Å². The van der Waals surface area contributed by atoms with Gasteiger partial charge in [-0.2, -0.15) is 0 Å². The fourth-order valence-corrected chi connectivity index (χ4v) is 2.25. The maximum atomic E-state index is 13.9. The monoisotopic (exact) mass is 338 g/mol. The summed E-state index contributed by atoms with van der Waals surface area (Å²) in [7, 11) is 1.48. The lowest BCUT2D eigenvalue weighted by molar-refractivity contribution is 0.629. The molecule has 0 aliphatic rings. The zero-order valence-corrected chi connectivity index (χ0v) is 11.8. The maximum Gasteiger partial charge on any atom is 0.329 e. The van der Waals surface area contributed by atoms with Crippen LogP contribution in [0.3, 0.4) is 0 Å². The highest BCUT2D eigenvalue weighted by Gasteiger charge is 2.14. The topological polar surface area (TPSA) is 83.5 Å². The molecule has 0 saturated heterocycles. The van der Waals surface area contributed by atoms with Crippen molar-refractivity contribution in [2.24, 2.45) is 7.05 Å². The standard InChI is InChI=1S/C12H8BrFN4O2/c1-18-10-8(11(19)17-12(18)20)15-9(16-10)6-3-2-5(13)4-7(6)14/h2-4H,1H3,(H,15,16)(H,17,19,20). The number of fused-ring (bicyclic) bond motifs is 1. The van der Waals surface area contributed by atoms with Gasteiger partial charge in [0.05, 0.1) is 5.56 Å². The molecule has 0 bridgehead atoms. The summed E-state index contributed by atoms with van der Waals surface area (Å²) in [5, 5.41) is 0. The van der Waals surface area contributed by atoms with Gasteiger partial charge in [-0.1, -0.05) is 15.9 Å². The molecule has 3 aromatic rings. The van der Waals surface area contributed by atoms with Crippen LogP contribution in [-0.2, 0) is 7.05 Å². The van der Waals surface area contributed by atoms with Crippen LogP contribution in [-0.4, -0.2) is 19.5 Å². The number of hydrogen-bond acceptors (Lipinski definition) is 3. The van der Waals surface area contributed by atoms with Gasteiger partial charge in [0.1, 0.15) is 17.2 Å². The Hall–Kier alpha value is -2.22. The maximum absolute atomic E-state index is 13.9. The average molecular weight is 339 g/mol. The van der Waals surface area contributed by atoms with Gasteiger partial charge in [-0.15, -0.1) is 0 Å². The lowest BCUT2D eigenvalue weighted by atomic mass is 10.2. The van der Waals surface area contributed by atoms with E-state index in [2.05, 4.69) is 30.9 Å². The molecule has 2 aromatic heterocycles. The summed E-state index contributed by atoms with van der Waals surface area (Å²) in [5.41, 5.74) is -0.632. The second-order valence-corrected chi connectivity index (χ2v) is 5.14. The molecule has 0 spiro atoms. The average Bonchev–Trinajstić information content (AvgIpc) is 2.81. The summed E-state index contributed by atoms with van der Waals surface area (Å²) in [6.07, 6.45) is 0. The summed E-state index contributed by atoms with van der Waals surface area (Å²) < 4.78 is 15.7. The molecular formula is C12H8BrFN4O2. The second kappa shape index (κ2) is 4.41. The molecule has 3 rings (SSSR count). The van der Waals surface area contributed by atoms with E-state index in [-0.39, 0.29) is 22.6 Å².